The number of guanidine groups is 1. The molecule has 0 amide bonds. The number of hydrogen-bond donors (Lipinski definition) is 1. The smallest absolute Gasteiger partial charge is 0.193 e. The third kappa shape index (κ3) is 8.91. The lowest BCUT2D eigenvalue weighted by molar-refractivity contribution is 0.115. The lowest BCUT2D eigenvalue weighted by Gasteiger charge is -2.35. The number of aliphatic imine (C=N–C) groups is 1. The van der Waals surface area contributed by atoms with Crippen molar-refractivity contribution in [2.75, 3.05) is 53.0 Å². The minimum absolute atomic E-state index is 0. The zero-order valence-corrected chi connectivity index (χ0v) is 19.0. The van der Waals surface area contributed by atoms with Crippen molar-refractivity contribution in [3.8, 4) is 0 Å². The van der Waals surface area contributed by atoms with Crippen LogP contribution >= 0.6 is 24.0 Å². The van der Waals surface area contributed by atoms with E-state index in [4.69, 9.17) is 9.73 Å². The summed E-state index contributed by atoms with van der Waals surface area (Å²) in [5, 5.41) is 3.42. The molecule has 1 aliphatic heterocycles. The van der Waals surface area contributed by atoms with Crippen LogP contribution in [0.5, 0.6) is 0 Å². The molecule has 0 aromatic rings. The topological polar surface area (TPSA) is 40.1 Å². The third-order valence-electron chi connectivity index (χ3n) is 5.10. The van der Waals surface area contributed by atoms with Gasteiger partial charge in [0.2, 0.25) is 0 Å². The number of nitrogens with one attached hydrogen (secondary N) is 1. The number of likely N-dealkylation sites (N-methyl/N-ethyl adjacent to an activating group) is 1. The first-order valence-corrected chi connectivity index (χ1v) is 9.91. The van der Waals surface area contributed by atoms with Gasteiger partial charge >= 0.3 is 0 Å². The Balaban J connectivity index is 0.00000312. The highest BCUT2D eigenvalue weighted by molar-refractivity contribution is 14.0. The molecule has 2 fully saturated rings. The van der Waals surface area contributed by atoms with Crippen molar-refractivity contribution >= 4 is 29.9 Å². The van der Waals surface area contributed by atoms with Crippen LogP contribution in [0.2, 0.25) is 0 Å². The zero-order chi connectivity index (χ0) is 17.4. The maximum absolute atomic E-state index is 5.76. The molecule has 5 nitrogen and oxygen atoms in total. The van der Waals surface area contributed by atoms with E-state index in [-0.39, 0.29) is 24.0 Å². The van der Waals surface area contributed by atoms with E-state index in [2.05, 4.69) is 42.9 Å². The van der Waals surface area contributed by atoms with Crippen molar-refractivity contribution in [2.24, 2.45) is 16.8 Å². The average molecular weight is 466 g/mol. The largest absolute Gasteiger partial charge is 0.379 e. The van der Waals surface area contributed by atoms with Gasteiger partial charge in [-0.2, -0.15) is 0 Å². The van der Waals surface area contributed by atoms with Gasteiger partial charge in [0.15, 0.2) is 5.96 Å². The van der Waals surface area contributed by atoms with Crippen molar-refractivity contribution in [2.45, 2.75) is 52.5 Å². The number of hydrogen-bond acceptors (Lipinski definition) is 3. The van der Waals surface area contributed by atoms with Crippen LogP contribution in [0, 0.1) is 11.8 Å². The van der Waals surface area contributed by atoms with Crippen molar-refractivity contribution in [3.05, 3.63) is 0 Å². The third-order valence-corrected chi connectivity index (χ3v) is 5.10. The molecule has 2 aliphatic rings. The Bertz CT molecular complexity index is 388. The van der Waals surface area contributed by atoms with Crippen LogP contribution in [0.4, 0.5) is 0 Å². The molecule has 148 valence electrons. The number of halogens is 1. The van der Waals surface area contributed by atoms with E-state index in [1.807, 2.05) is 0 Å². The zero-order valence-electron chi connectivity index (χ0n) is 16.7. The molecular formula is C19H39IN4O. The first-order valence-electron chi connectivity index (χ1n) is 9.91. The van der Waals surface area contributed by atoms with Crippen LogP contribution in [0.25, 0.3) is 0 Å². The fourth-order valence-electron chi connectivity index (χ4n) is 3.24. The molecule has 0 spiro atoms. The summed E-state index contributed by atoms with van der Waals surface area (Å²) in [5.74, 6) is 2.55. The highest BCUT2D eigenvalue weighted by Crippen LogP contribution is 2.28. The number of likely N-dealkylation sites (tertiary alicyclic amines) is 1. The Labute approximate surface area is 172 Å². The van der Waals surface area contributed by atoms with Gasteiger partial charge in [0.05, 0.1) is 6.61 Å². The molecule has 0 radical (unpaired) electrons. The molecule has 6 heteroatoms. The van der Waals surface area contributed by atoms with E-state index < -0.39 is 0 Å². The van der Waals surface area contributed by atoms with E-state index in [0.717, 1.165) is 44.7 Å². The maximum atomic E-state index is 5.76. The molecule has 1 N–H and O–H groups in total. The molecule has 1 heterocycles. The maximum Gasteiger partial charge on any atom is 0.193 e. The van der Waals surface area contributed by atoms with Crippen molar-refractivity contribution < 1.29 is 4.74 Å². The molecular weight excluding hydrogens is 427 g/mol. The molecule has 0 aromatic heterocycles. The first kappa shape index (κ1) is 23.0. The monoisotopic (exact) mass is 466 g/mol. The van der Waals surface area contributed by atoms with Crippen LogP contribution < -0.4 is 5.32 Å². The van der Waals surface area contributed by atoms with Crippen molar-refractivity contribution in [1.29, 1.82) is 0 Å². The molecule has 2 rings (SSSR count). The van der Waals surface area contributed by atoms with Gasteiger partial charge in [-0.05, 0) is 64.8 Å². The number of rotatable bonds is 9. The van der Waals surface area contributed by atoms with Gasteiger partial charge in [0.1, 0.15) is 0 Å². The second-order valence-electron chi connectivity index (χ2n) is 7.73. The van der Waals surface area contributed by atoms with Crippen LogP contribution in [0.15, 0.2) is 4.99 Å². The van der Waals surface area contributed by atoms with Crippen molar-refractivity contribution in [1.82, 2.24) is 15.1 Å². The highest BCUT2D eigenvalue weighted by atomic mass is 127. The second-order valence-corrected chi connectivity index (χ2v) is 7.73. The van der Waals surface area contributed by atoms with Gasteiger partial charge in [-0.1, -0.05) is 0 Å². The summed E-state index contributed by atoms with van der Waals surface area (Å²) in [6.45, 7) is 13.6. The van der Waals surface area contributed by atoms with E-state index >= 15 is 0 Å². The van der Waals surface area contributed by atoms with E-state index in [1.165, 1.54) is 38.8 Å². The summed E-state index contributed by atoms with van der Waals surface area (Å²) >= 11 is 0. The molecule has 1 saturated heterocycles. The normalized spacial score (nSPS) is 22.0. The Morgan fingerprint density at radius 1 is 1.28 bits per heavy atom. The fourth-order valence-corrected chi connectivity index (χ4v) is 3.24. The molecule has 1 atom stereocenters. The molecule has 25 heavy (non-hydrogen) atoms. The molecule has 1 saturated carbocycles. The Morgan fingerprint density at radius 2 is 2.04 bits per heavy atom. The fraction of sp³-hybridized carbons (Fsp3) is 0.947. The summed E-state index contributed by atoms with van der Waals surface area (Å²) in [6, 6.07) is 0.649. The minimum atomic E-state index is 0. The molecule has 0 bridgehead atoms. The van der Waals surface area contributed by atoms with E-state index in [1.54, 1.807) is 0 Å². The van der Waals surface area contributed by atoms with Gasteiger partial charge in [0.25, 0.3) is 0 Å². The number of nitrogens with zero attached hydrogens (tertiary/aromatic N) is 3. The predicted molar refractivity (Wildman–Crippen MR) is 117 cm³/mol. The van der Waals surface area contributed by atoms with E-state index in [9.17, 15) is 0 Å². The van der Waals surface area contributed by atoms with Crippen LogP contribution in [0.1, 0.15) is 46.5 Å². The minimum Gasteiger partial charge on any atom is -0.379 e. The quantitative estimate of drug-likeness (QED) is 0.246. The molecule has 1 aliphatic carbocycles. The Hall–Kier alpha value is -0.0800. The average Bonchev–Trinajstić information content (AvgIpc) is 3.39. The summed E-state index contributed by atoms with van der Waals surface area (Å²) in [4.78, 5) is 9.70. The lowest BCUT2D eigenvalue weighted by Crippen LogP contribution is -2.43. The van der Waals surface area contributed by atoms with Gasteiger partial charge in [-0.3, -0.25) is 4.99 Å². The molecule has 0 aromatic carbocycles. The lowest BCUT2D eigenvalue weighted by atomic mass is 9.97. The van der Waals surface area contributed by atoms with Crippen LogP contribution in [-0.2, 0) is 4.74 Å². The standard InChI is InChI=1S/C19H38N4O.HI/c1-5-20-19(22(4)11-12-24-15-17-8-9-17)21-13-18-7-6-10-23(14-18)16(2)3;/h16-18H,5-15H2,1-4H3,(H,20,21);1H. The van der Waals surface area contributed by atoms with Crippen LogP contribution in [-0.4, -0.2) is 74.8 Å². The summed E-state index contributed by atoms with van der Waals surface area (Å²) in [5.41, 5.74) is 0. The Morgan fingerprint density at radius 3 is 2.68 bits per heavy atom. The Kier molecular flexibility index (Phi) is 11.3. The van der Waals surface area contributed by atoms with Crippen LogP contribution in [0.3, 0.4) is 0 Å². The predicted octanol–water partition coefficient (Wildman–Crippen LogP) is 3.05. The van der Waals surface area contributed by atoms with Gasteiger partial charge in [-0.15, -0.1) is 24.0 Å². The number of piperidine rings is 1. The second kappa shape index (κ2) is 12.3. The first-order chi connectivity index (χ1) is 11.6. The van der Waals surface area contributed by atoms with Gasteiger partial charge < -0.3 is 19.9 Å². The van der Waals surface area contributed by atoms with E-state index in [0.29, 0.717) is 12.0 Å². The number of ether oxygens (including phenoxy) is 1. The highest BCUT2D eigenvalue weighted by Gasteiger charge is 2.22. The summed E-state index contributed by atoms with van der Waals surface area (Å²) in [7, 11) is 2.11. The SMILES string of the molecule is CCNC(=NCC1CCCN(C(C)C)C1)N(C)CCOCC1CC1.I. The van der Waals surface area contributed by atoms with Gasteiger partial charge in [-0.25, -0.2) is 0 Å². The summed E-state index contributed by atoms with van der Waals surface area (Å²) in [6.07, 6.45) is 5.32. The summed E-state index contributed by atoms with van der Waals surface area (Å²) < 4.78 is 5.76. The van der Waals surface area contributed by atoms with Crippen molar-refractivity contribution in [3.63, 3.8) is 0 Å². The van der Waals surface area contributed by atoms with Gasteiger partial charge in [0, 0.05) is 45.9 Å². The molecule has 1 unspecified atom stereocenters.